The SMILES string of the molecule is CC(C)(C)[C@H](N)C(=O)N1CCCCC1(C(N)=O)[C@@H](C(=O)N[C@H](C(N)=O)C1CCCCC1)C1CCCCC1. The first-order chi connectivity index (χ1) is 17.4. The highest BCUT2D eigenvalue weighted by molar-refractivity contribution is 5.99. The highest BCUT2D eigenvalue weighted by atomic mass is 16.2. The maximum atomic E-state index is 14.2. The summed E-state index contributed by atoms with van der Waals surface area (Å²) in [6.45, 7) is 5.99. The number of hydrogen-bond acceptors (Lipinski definition) is 5. The molecule has 4 amide bonds. The number of rotatable bonds is 8. The Balaban J connectivity index is 2.05. The van der Waals surface area contributed by atoms with E-state index in [1.54, 1.807) is 0 Å². The summed E-state index contributed by atoms with van der Waals surface area (Å²) >= 11 is 0. The van der Waals surface area contributed by atoms with Gasteiger partial charge in [0.2, 0.25) is 23.6 Å². The smallest absolute Gasteiger partial charge is 0.244 e. The second-order valence-electron chi connectivity index (χ2n) is 12.7. The van der Waals surface area contributed by atoms with E-state index in [0.717, 1.165) is 64.2 Å². The minimum Gasteiger partial charge on any atom is -0.368 e. The maximum absolute atomic E-state index is 14.2. The van der Waals surface area contributed by atoms with E-state index in [1.807, 2.05) is 20.8 Å². The fourth-order valence-corrected chi connectivity index (χ4v) is 7.00. The Kier molecular flexibility index (Phi) is 9.64. The van der Waals surface area contributed by atoms with Crippen LogP contribution in [0.15, 0.2) is 0 Å². The molecule has 9 heteroatoms. The summed E-state index contributed by atoms with van der Waals surface area (Å²) in [5.41, 5.74) is 16.4. The third-order valence-electron chi connectivity index (χ3n) is 9.21. The molecule has 9 nitrogen and oxygen atoms in total. The molecule has 0 aromatic carbocycles. The molecule has 0 aromatic rings. The van der Waals surface area contributed by atoms with Crippen molar-refractivity contribution in [3.8, 4) is 0 Å². The van der Waals surface area contributed by atoms with E-state index in [9.17, 15) is 19.2 Å². The second-order valence-corrected chi connectivity index (χ2v) is 12.7. The molecular weight excluding hydrogens is 470 g/mol. The van der Waals surface area contributed by atoms with Crippen LogP contribution in [0.3, 0.4) is 0 Å². The predicted octanol–water partition coefficient (Wildman–Crippen LogP) is 2.34. The van der Waals surface area contributed by atoms with Crippen LogP contribution in [0, 0.1) is 23.2 Å². The van der Waals surface area contributed by atoms with Gasteiger partial charge in [0.25, 0.3) is 0 Å². The minimum absolute atomic E-state index is 0.0230. The Morgan fingerprint density at radius 2 is 1.38 bits per heavy atom. The number of amides is 4. The van der Waals surface area contributed by atoms with Crippen LogP contribution in [0.25, 0.3) is 0 Å². The van der Waals surface area contributed by atoms with Crippen LogP contribution in [-0.2, 0) is 19.2 Å². The highest BCUT2D eigenvalue weighted by Gasteiger charge is 2.58. The third kappa shape index (κ3) is 6.29. The van der Waals surface area contributed by atoms with Crippen molar-refractivity contribution in [3.63, 3.8) is 0 Å². The van der Waals surface area contributed by atoms with Gasteiger partial charge in [0, 0.05) is 6.54 Å². The van der Waals surface area contributed by atoms with Gasteiger partial charge in [-0.2, -0.15) is 0 Å². The summed E-state index contributed by atoms with van der Waals surface area (Å²) in [5, 5.41) is 2.99. The van der Waals surface area contributed by atoms with Gasteiger partial charge in [-0.25, -0.2) is 0 Å². The molecule has 0 spiro atoms. The van der Waals surface area contributed by atoms with Crippen molar-refractivity contribution in [1.82, 2.24) is 10.2 Å². The van der Waals surface area contributed by atoms with Crippen LogP contribution in [0.2, 0.25) is 0 Å². The molecule has 0 aromatic heterocycles. The Bertz CT molecular complexity index is 844. The van der Waals surface area contributed by atoms with Gasteiger partial charge in [-0.05, 0) is 62.2 Å². The first-order valence-electron chi connectivity index (χ1n) is 14.4. The zero-order chi connectivity index (χ0) is 27.4. The molecule has 2 aliphatic carbocycles. The molecule has 4 atom stereocenters. The molecule has 2 saturated carbocycles. The van der Waals surface area contributed by atoms with Crippen molar-refractivity contribution in [2.45, 2.75) is 122 Å². The molecule has 3 aliphatic rings. The predicted molar refractivity (Wildman–Crippen MR) is 143 cm³/mol. The first-order valence-corrected chi connectivity index (χ1v) is 14.4. The number of nitrogens with one attached hydrogen (secondary N) is 1. The number of carbonyl (C=O) groups excluding carboxylic acids is 4. The van der Waals surface area contributed by atoms with Gasteiger partial charge in [-0.15, -0.1) is 0 Å². The lowest BCUT2D eigenvalue weighted by Gasteiger charge is -2.52. The fourth-order valence-electron chi connectivity index (χ4n) is 7.00. The number of nitrogens with zero attached hydrogens (tertiary/aromatic N) is 1. The van der Waals surface area contributed by atoms with E-state index in [1.165, 1.54) is 4.90 Å². The quantitative estimate of drug-likeness (QED) is 0.386. The number of nitrogens with two attached hydrogens (primary N) is 3. The number of carbonyl (C=O) groups is 4. The molecule has 37 heavy (non-hydrogen) atoms. The van der Waals surface area contributed by atoms with Gasteiger partial charge in [0.1, 0.15) is 11.6 Å². The van der Waals surface area contributed by atoms with Gasteiger partial charge < -0.3 is 27.4 Å². The van der Waals surface area contributed by atoms with E-state index in [4.69, 9.17) is 17.2 Å². The van der Waals surface area contributed by atoms with E-state index in [2.05, 4.69) is 5.32 Å². The Morgan fingerprint density at radius 1 is 0.838 bits per heavy atom. The molecular formula is C28H49N5O4. The fraction of sp³-hybridized carbons (Fsp3) is 0.857. The van der Waals surface area contributed by atoms with Crippen LogP contribution >= 0.6 is 0 Å². The van der Waals surface area contributed by atoms with Crippen LogP contribution < -0.4 is 22.5 Å². The molecule has 210 valence electrons. The molecule has 1 heterocycles. The lowest BCUT2D eigenvalue weighted by molar-refractivity contribution is -0.163. The number of hydrogen-bond donors (Lipinski definition) is 4. The van der Waals surface area contributed by atoms with Crippen molar-refractivity contribution in [3.05, 3.63) is 0 Å². The van der Waals surface area contributed by atoms with E-state index >= 15 is 0 Å². The summed E-state index contributed by atoms with van der Waals surface area (Å²) in [4.78, 5) is 55.6. The number of piperidine rings is 1. The average molecular weight is 520 g/mol. The summed E-state index contributed by atoms with van der Waals surface area (Å²) in [6.07, 6.45) is 10.9. The molecule has 1 aliphatic heterocycles. The minimum atomic E-state index is -1.49. The Hall–Kier alpha value is -2.16. The summed E-state index contributed by atoms with van der Waals surface area (Å²) in [7, 11) is 0. The van der Waals surface area contributed by atoms with Crippen molar-refractivity contribution < 1.29 is 19.2 Å². The summed E-state index contributed by atoms with van der Waals surface area (Å²) < 4.78 is 0. The number of primary amides is 2. The van der Waals surface area contributed by atoms with Crippen molar-refractivity contribution in [2.24, 2.45) is 40.4 Å². The van der Waals surface area contributed by atoms with Crippen LogP contribution in [0.5, 0.6) is 0 Å². The van der Waals surface area contributed by atoms with E-state index < -0.39 is 40.8 Å². The average Bonchev–Trinajstić information content (AvgIpc) is 2.87. The van der Waals surface area contributed by atoms with Gasteiger partial charge in [-0.1, -0.05) is 59.3 Å². The monoisotopic (exact) mass is 519 g/mol. The summed E-state index contributed by atoms with van der Waals surface area (Å²) in [6, 6.07) is -1.65. The zero-order valence-corrected chi connectivity index (χ0v) is 23.1. The lowest BCUT2D eigenvalue weighted by atomic mass is 9.65. The maximum Gasteiger partial charge on any atom is 0.244 e. The van der Waals surface area contributed by atoms with Crippen LogP contribution in [0.4, 0.5) is 0 Å². The standard InChI is InChI=1S/C28H49N5O4/c1-27(2,3)22(29)25(36)33-17-11-10-16-28(33,26(31)37)20(18-12-6-4-7-13-18)24(35)32-21(23(30)34)19-14-8-5-9-15-19/h18-22H,4-17,29H2,1-3H3,(H2,30,34)(H2,31,37)(H,32,35)/t20-,21+,22-,28?/m1/s1. The molecule has 1 unspecified atom stereocenters. The first kappa shape index (κ1) is 29.4. The normalized spacial score (nSPS) is 26.6. The molecule has 1 saturated heterocycles. The topological polar surface area (TPSA) is 162 Å². The lowest BCUT2D eigenvalue weighted by Crippen LogP contribution is -2.72. The van der Waals surface area contributed by atoms with Gasteiger partial charge in [0.15, 0.2) is 0 Å². The molecule has 3 rings (SSSR count). The largest absolute Gasteiger partial charge is 0.368 e. The third-order valence-corrected chi connectivity index (χ3v) is 9.21. The van der Waals surface area contributed by atoms with Gasteiger partial charge in [-0.3, -0.25) is 19.2 Å². The molecule has 0 bridgehead atoms. The van der Waals surface area contributed by atoms with Gasteiger partial charge >= 0.3 is 0 Å². The van der Waals surface area contributed by atoms with E-state index in [-0.39, 0.29) is 23.7 Å². The summed E-state index contributed by atoms with van der Waals surface area (Å²) in [5.74, 6) is -2.96. The van der Waals surface area contributed by atoms with Crippen molar-refractivity contribution >= 4 is 23.6 Å². The number of likely N-dealkylation sites (tertiary alicyclic amines) is 1. The van der Waals surface area contributed by atoms with Crippen LogP contribution in [0.1, 0.15) is 104 Å². The second kappa shape index (κ2) is 12.1. The van der Waals surface area contributed by atoms with Crippen LogP contribution in [-0.4, -0.2) is 52.7 Å². The van der Waals surface area contributed by atoms with Gasteiger partial charge in [0.05, 0.1) is 12.0 Å². The molecule has 0 radical (unpaired) electrons. The molecule has 3 fully saturated rings. The van der Waals surface area contributed by atoms with Crippen molar-refractivity contribution in [2.75, 3.05) is 6.54 Å². The van der Waals surface area contributed by atoms with E-state index in [0.29, 0.717) is 25.8 Å². The highest BCUT2D eigenvalue weighted by Crippen LogP contribution is 2.44. The zero-order valence-electron chi connectivity index (χ0n) is 23.1. The molecule has 7 N–H and O–H groups in total. The van der Waals surface area contributed by atoms with Crippen molar-refractivity contribution in [1.29, 1.82) is 0 Å². The Labute approximate surface area is 222 Å². The Morgan fingerprint density at radius 3 is 1.86 bits per heavy atom.